The fourth-order valence-corrected chi connectivity index (χ4v) is 2.89. The average Bonchev–Trinajstić information content (AvgIpc) is 2.71. The molecule has 0 bridgehead atoms. The molecule has 112 valence electrons. The molecule has 0 aliphatic rings. The van der Waals surface area contributed by atoms with E-state index in [-0.39, 0.29) is 5.69 Å². The van der Waals surface area contributed by atoms with Crippen LogP contribution in [0.2, 0.25) is 0 Å². The summed E-state index contributed by atoms with van der Waals surface area (Å²) in [7, 11) is 0. The van der Waals surface area contributed by atoms with Crippen molar-refractivity contribution in [1.82, 2.24) is 9.78 Å². The number of aromatic nitrogens is 2. The molecule has 2 aromatic rings. The summed E-state index contributed by atoms with van der Waals surface area (Å²) in [4.78, 5) is 11.4. The van der Waals surface area contributed by atoms with Gasteiger partial charge in [0.2, 0.25) is 0 Å². The molecule has 0 atom stereocenters. The second-order valence-corrected chi connectivity index (χ2v) is 6.56. The first-order valence-corrected chi connectivity index (χ1v) is 6.96. The maximum Gasteiger partial charge on any atom is 0.356 e. The van der Waals surface area contributed by atoms with Gasteiger partial charge in [-0.25, -0.2) is 13.6 Å². The van der Waals surface area contributed by atoms with Crippen LogP contribution in [0.4, 0.5) is 8.78 Å². The van der Waals surface area contributed by atoms with Crippen LogP contribution in [0.1, 0.15) is 31.3 Å². The van der Waals surface area contributed by atoms with Crippen LogP contribution in [0.25, 0.3) is 0 Å². The largest absolute Gasteiger partial charge is 0.476 e. The van der Waals surface area contributed by atoms with Gasteiger partial charge >= 0.3 is 5.97 Å². The Bertz CT molecular complexity index is 673. The van der Waals surface area contributed by atoms with Crippen LogP contribution in [0.5, 0.6) is 0 Å². The minimum Gasteiger partial charge on any atom is -0.476 e. The Morgan fingerprint density at radius 3 is 2.24 bits per heavy atom. The Labute approximate surface area is 124 Å². The Morgan fingerprint density at radius 2 is 1.76 bits per heavy atom. The zero-order chi connectivity index (χ0) is 15.8. The lowest BCUT2D eigenvalue weighted by Gasteiger charge is -2.21. The highest BCUT2D eigenvalue weighted by Crippen LogP contribution is 2.32. The van der Waals surface area contributed by atoms with E-state index < -0.39 is 23.1 Å². The molecule has 0 unspecified atom stereocenters. The summed E-state index contributed by atoms with van der Waals surface area (Å²) in [6.07, 6.45) is 0. The molecule has 0 saturated carbocycles. The maximum atomic E-state index is 13.2. The van der Waals surface area contributed by atoms with Crippen molar-refractivity contribution in [3.05, 3.63) is 41.6 Å². The zero-order valence-corrected chi connectivity index (χ0v) is 12.5. The average molecular weight is 312 g/mol. The van der Waals surface area contributed by atoms with Crippen molar-refractivity contribution in [3.63, 3.8) is 0 Å². The fraction of sp³-hybridized carbons (Fsp3) is 0.286. The molecule has 0 aliphatic heterocycles. The third-order valence-electron chi connectivity index (χ3n) is 2.59. The molecule has 0 fully saturated rings. The summed E-state index contributed by atoms with van der Waals surface area (Å²) >= 11 is 1.06. The third kappa shape index (κ3) is 3.60. The van der Waals surface area contributed by atoms with E-state index in [4.69, 9.17) is 5.11 Å². The van der Waals surface area contributed by atoms with E-state index in [1.807, 2.05) is 20.8 Å². The molecule has 21 heavy (non-hydrogen) atoms. The highest BCUT2D eigenvalue weighted by molar-refractivity contribution is 7.99. The minimum absolute atomic E-state index is 0.107. The highest BCUT2D eigenvalue weighted by atomic mass is 32.2. The first-order chi connectivity index (χ1) is 9.66. The van der Waals surface area contributed by atoms with E-state index in [1.165, 1.54) is 22.9 Å². The molecule has 0 aliphatic carbocycles. The van der Waals surface area contributed by atoms with Gasteiger partial charge in [-0.2, -0.15) is 5.10 Å². The monoisotopic (exact) mass is 312 g/mol. The molecule has 4 nitrogen and oxygen atoms in total. The van der Waals surface area contributed by atoms with E-state index >= 15 is 0 Å². The molecule has 0 saturated heterocycles. The maximum absolute atomic E-state index is 13.2. The Morgan fingerprint density at radius 1 is 1.19 bits per heavy atom. The number of rotatable bonds is 3. The van der Waals surface area contributed by atoms with E-state index in [0.29, 0.717) is 9.92 Å². The van der Waals surface area contributed by atoms with Gasteiger partial charge in [0, 0.05) is 17.0 Å². The third-order valence-corrected chi connectivity index (χ3v) is 3.56. The summed E-state index contributed by atoms with van der Waals surface area (Å²) in [6.45, 7) is 5.59. The predicted molar refractivity (Wildman–Crippen MR) is 74.7 cm³/mol. The van der Waals surface area contributed by atoms with Gasteiger partial charge in [-0.3, -0.25) is 4.68 Å². The molecule has 1 aromatic heterocycles. The predicted octanol–water partition coefficient (Wildman–Crippen LogP) is 3.77. The fourth-order valence-electron chi connectivity index (χ4n) is 1.73. The first-order valence-electron chi connectivity index (χ1n) is 6.14. The lowest BCUT2D eigenvalue weighted by Crippen LogP contribution is -2.24. The Kier molecular flexibility index (Phi) is 4.04. The van der Waals surface area contributed by atoms with Crippen LogP contribution in [0.3, 0.4) is 0 Å². The Balaban J connectivity index is 2.45. The summed E-state index contributed by atoms with van der Waals surface area (Å²) < 4.78 is 28.0. The zero-order valence-electron chi connectivity index (χ0n) is 11.7. The normalized spacial score (nSPS) is 11.7. The van der Waals surface area contributed by atoms with Crippen molar-refractivity contribution in [2.24, 2.45) is 0 Å². The van der Waals surface area contributed by atoms with Gasteiger partial charge in [0.25, 0.3) is 0 Å². The van der Waals surface area contributed by atoms with Gasteiger partial charge in [-0.1, -0.05) is 11.8 Å². The van der Waals surface area contributed by atoms with Gasteiger partial charge in [-0.05, 0) is 32.9 Å². The van der Waals surface area contributed by atoms with Crippen molar-refractivity contribution in [3.8, 4) is 0 Å². The van der Waals surface area contributed by atoms with Crippen molar-refractivity contribution in [2.75, 3.05) is 0 Å². The van der Waals surface area contributed by atoms with Crippen molar-refractivity contribution >= 4 is 17.7 Å². The molecule has 1 heterocycles. The van der Waals surface area contributed by atoms with E-state index in [1.54, 1.807) is 0 Å². The van der Waals surface area contributed by atoms with Crippen LogP contribution < -0.4 is 0 Å². The van der Waals surface area contributed by atoms with Crippen LogP contribution in [-0.4, -0.2) is 20.9 Å². The van der Waals surface area contributed by atoms with E-state index in [0.717, 1.165) is 17.8 Å². The number of carboxylic acid groups (broad SMARTS) is 1. The van der Waals surface area contributed by atoms with E-state index in [9.17, 15) is 13.6 Å². The molecule has 0 amide bonds. The van der Waals surface area contributed by atoms with Crippen LogP contribution >= 0.6 is 11.8 Å². The summed E-state index contributed by atoms with van der Waals surface area (Å²) in [5.41, 5.74) is -0.564. The van der Waals surface area contributed by atoms with Crippen LogP contribution in [0.15, 0.2) is 34.2 Å². The van der Waals surface area contributed by atoms with Gasteiger partial charge in [0.05, 0.1) is 5.54 Å². The van der Waals surface area contributed by atoms with Crippen molar-refractivity contribution in [1.29, 1.82) is 0 Å². The second kappa shape index (κ2) is 5.48. The van der Waals surface area contributed by atoms with Crippen LogP contribution in [-0.2, 0) is 5.54 Å². The van der Waals surface area contributed by atoms with Crippen LogP contribution in [0, 0.1) is 11.6 Å². The molecular weight excluding hydrogens is 298 g/mol. The number of halogens is 2. The molecule has 0 radical (unpaired) electrons. The minimum atomic E-state index is -1.15. The number of hydrogen-bond donors (Lipinski definition) is 1. The van der Waals surface area contributed by atoms with Gasteiger partial charge in [0.15, 0.2) is 5.69 Å². The van der Waals surface area contributed by atoms with Crippen molar-refractivity contribution < 1.29 is 18.7 Å². The number of carboxylic acids is 1. The quantitative estimate of drug-likeness (QED) is 0.937. The summed E-state index contributed by atoms with van der Waals surface area (Å²) in [5.74, 6) is -2.51. The second-order valence-electron chi connectivity index (χ2n) is 5.46. The molecule has 0 spiro atoms. The lowest BCUT2D eigenvalue weighted by atomic mass is 10.1. The number of hydrogen-bond acceptors (Lipinski definition) is 3. The smallest absolute Gasteiger partial charge is 0.356 e. The summed E-state index contributed by atoms with van der Waals surface area (Å²) in [5, 5.41) is 13.6. The molecular formula is C14H14F2N2O2S. The number of carbonyl (C=O) groups is 1. The first kappa shape index (κ1) is 15.5. The number of nitrogens with zero attached hydrogens (tertiary/aromatic N) is 2. The number of benzene rings is 1. The van der Waals surface area contributed by atoms with Gasteiger partial charge in [0.1, 0.15) is 16.7 Å². The van der Waals surface area contributed by atoms with Crippen molar-refractivity contribution in [2.45, 2.75) is 36.2 Å². The van der Waals surface area contributed by atoms with E-state index in [2.05, 4.69) is 5.10 Å². The standard InChI is InChI=1S/C14H14F2N2O2S/c1-14(2,3)18-12(7-11(17-18)13(19)20)21-10-5-8(15)4-9(16)6-10/h4-7H,1-3H3,(H,19,20). The number of aromatic carboxylic acids is 1. The molecule has 1 aromatic carbocycles. The lowest BCUT2D eigenvalue weighted by molar-refractivity contribution is 0.0688. The molecule has 2 rings (SSSR count). The highest BCUT2D eigenvalue weighted by Gasteiger charge is 2.22. The molecule has 1 N–H and O–H groups in total. The summed E-state index contributed by atoms with van der Waals surface area (Å²) in [6, 6.07) is 4.55. The van der Waals surface area contributed by atoms with Gasteiger partial charge in [-0.15, -0.1) is 0 Å². The SMILES string of the molecule is CC(C)(C)n1nc(C(=O)O)cc1Sc1cc(F)cc(F)c1. The van der Waals surface area contributed by atoms with Gasteiger partial charge < -0.3 is 5.11 Å². The Hall–Kier alpha value is -1.89. The topological polar surface area (TPSA) is 55.1 Å². The molecule has 7 heteroatoms.